The van der Waals surface area contributed by atoms with Gasteiger partial charge in [-0.3, -0.25) is 4.79 Å². The van der Waals surface area contributed by atoms with Gasteiger partial charge in [0.1, 0.15) is 29.2 Å². The first kappa shape index (κ1) is 31.1. The van der Waals surface area contributed by atoms with Gasteiger partial charge >= 0.3 is 5.97 Å². The molecule has 0 radical (unpaired) electrons. The second kappa shape index (κ2) is 14.9. The third kappa shape index (κ3) is 7.83. The number of hydrogen-bond donors (Lipinski definition) is 2. The van der Waals surface area contributed by atoms with Crippen molar-refractivity contribution in [3.8, 4) is 0 Å². The first-order valence-corrected chi connectivity index (χ1v) is 16.6. The number of piperazine rings is 2. The van der Waals surface area contributed by atoms with Crippen LogP contribution in [0.25, 0.3) is 0 Å². The number of pyridine rings is 2. The number of carboxylic acid groups (broad SMARTS) is 1. The lowest BCUT2D eigenvalue weighted by Gasteiger charge is -2.37. The van der Waals surface area contributed by atoms with E-state index in [1.165, 1.54) is 11.8 Å². The van der Waals surface area contributed by atoms with Crippen molar-refractivity contribution < 1.29 is 14.7 Å². The Kier molecular flexibility index (Phi) is 10.1. The van der Waals surface area contributed by atoms with Crippen LogP contribution < -0.4 is 24.9 Å². The average molecular weight is 640 g/mol. The molecule has 1 aromatic carbocycles. The minimum atomic E-state index is -1.08. The first-order valence-electron chi connectivity index (χ1n) is 15.4. The van der Waals surface area contributed by atoms with Crippen molar-refractivity contribution in [3.63, 3.8) is 0 Å². The molecule has 46 heavy (non-hydrogen) atoms. The predicted molar refractivity (Wildman–Crippen MR) is 181 cm³/mol. The summed E-state index contributed by atoms with van der Waals surface area (Å²) in [6.07, 6.45) is 3.58. The van der Waals surface area contributed by atoms with Crippen molar-refractivity contribution in [2.24, 2.45) is 0 Å². The van der Waals surface area contributed by atoms with Gasteiger partial charge in [-0.1, -0.05) is 42.5 Å². The maximum Gasteiger partial charge on any atom is 0.327 e. The van der Waals surface area contributed by atoms with Crippen molar-refractivity contribution in [1.82, 2.24) is 25.3 Å². The number of amides is 1. The highest BCUT2D eigenvalue weighted by molar-refractivity contribution is 7.98. The molecule has 3 aromatic heterocycles. The normalized spacial score (nSPS) is 15.8. The fourth-order valence-corrected chi connectivity index (χ4v) is 6.51. The van der Waals surface area contributed by atoms with Crippen LogP contribution >= 0.6 is 11.8 Å². The van der Waals surface area contributed by atoms with Crippen LogP contribution in [0, 0.1) is 0 Å². The Hall–Kier alpha value is -4.91. The van der Waals surface area contributed by atoms with E-state index in [1.807, 2.05) is 66.7 Å². The molecule has 2 saturated heterocycles. The van der Waals surface area contributed by atoms with Gasteiger partial charge in [-0.15, -0.1) is 0 Å². The fourth-order valence-electron chi connectivity index (χ4n) is 5.50. The molecular weight excluding hydrogens is 602 g/mol. The topological polar surface area (TPSA) is 131 Å². The molecule has 0 spiro atoms. The lowest BCUT2D eigenvalue weighted by atomic mass is 10.2. The van der Waals surface area contributed by atoms with Crippen LogP contribution in [0.2, 0.25) is 0 Å². The van der Waals surface area contributed by atoms with E-state index in [0.29, 0.717) is 43.7 Å². The predicted octanol–water partition coefficient (Wildman–Crippen LogP) is 3.04. The van der Waals surface area contributed by atoms with Gasteiger partial charge in [0.2, 0.25) is 5.95 Å². The molecule has 0 bridgehead atoms. The number of carbonyl (C=O) groups is 2. The fraction of sp³-hybridized carbons (Fsp3) is 0.333. The Bertz CT molecular complexity index is 1510. The molecule has 13 heteroatoms. The number of aromatic nitrogens is 4. The van der Waals surface area contributed by atoms with Gasteiger partial charge < -0.3 is 30.0 Å². The second-order valence-corrected chi connectivity index (χ2v) is 12.1. The molecule has 5 heterocycles. The summed E-state index contributed by atoms with van der Waals surface area (Å²) in [5.74, 6) is 2.22. The summed E-state index contributed by atoms with van der Waals surface area (Å²) in [7, 11) is 0. The van der Waals surface area contributed by atoms with E-state index in [-0.39, 0.29) is 11.4 Å². The zero-order valence-electron chi connectivity index (χ0n) is 25.5. The van der Waals surface area contributed by atoms with Crippen molar-refractivity contribution in [2.75, 3.05) is 77.7 Å². The van der Waals surface area contributed by atoms with Crippen molar-refractivity contribution in [2.45, 2.75) is 11.8 Å². The Balaban J connectivity index is 1.18. The second-order valence-electron chi connectivity index (χ2n) is 11.1. The zero-order chi connectivity index (χ0) is 31.7. The SMILES string of the molecule is O=C(NC(CSCc1ccccc1)C(=O)O)c1cc(N2CCN(c3ccccn3)CC2)nc(N2CCN(c3ccccn3)CC2)n1. The Labute approximate surface area is 272 Å². The zero-order valence-corrected chi connectivity index (χ0v) is 26.3. The molecular formula is C33H37N9O3S. The van der Waals surface area contributed by atoms with Gasteiger partial charge in [-0.25, -0.2) is 19.7 Å². The summed E-state index contributed by atoms with van der Waals surface area (Å²) >= 11 is 1.46. The summed E-state index contributed by atoms with van der Waals surface area (Å²) in [6, 6.07) is 22.2. The molecule has 2 fully saturated rings. The molecule has 6 rings (SSSR count). The van der Waals surface area contributed by atoms with Crippen LogP contribution in [0.15, 0.2) is 85.2 Å². The monoisotopic (exact) mass is 639 g/mol. The van der Waals surface area contributed by atoms with E-state index in [2.05, 4.69) is 39.9 Å². The van der Waals surface area contributed by atoms with E-state index in [1.54, 1.807) is 18.5 Å². The number of rotatable bonds is 11. The molecule has 0 saturated carbocycles. The minimum Gasteiger partial charge on any atom is -0.480 e. The third-order valence-electron chi connectivity index (χ3n) is 8.05. The Morgan fingerprint density at radius 1 is 0.717 bits per heavy atom. The highest BCUT2D eigenvalue weighted by Gasteiger charge is 2.27. The summed E-state index contributed by atoms with van der Waals surface area (Å²) < 4.78 is 0. The molecule has 238 valence electrons. The number of nitrogens with one attached hydrogen (secondary N) is 1. The van der Waals surface area contributed by atoms with E-state index < -0.39 is 17.9 Å². The van der Waals surface area contributed by atoms with Crippen LogP contribution in [0.1, 0.15) is 16.1 Å². The highest BCUT2D eigenvalue weighted by atomic mass is 32.2. The third-order valence-corrected chi connectivity index (χ3v) is 9.15. The molecule has 1 unspecified atom stereocenters. The van der Waals surface area contributed by atoms with Crippen molar-refractivity contribution in [3.05, 3.63) is 96.4 Å². The van der Waals surface area contributed by atoms with Gasteiger partial charge in [0.05, 0.1) is 0 Å². The summed E-state index contributed by atoms with van der Waals surface area (Å²) in [5.41, 5.74) is 1.25. The van der Waals surface area contributed by atoms with Crippen LogP contribution in [0.4, 0.5) is 23.4 Å². The smallest absolute Gasteiger partial charge is 0.327 e. The van der Waals surface area contributed by atoms with Gasteiger partial charge in [-0.2, -0.15) is 16.7 Å². The number of anilines is 4. The molecule has 1 amide bonds. The molecule has 2 aliphatic rings. The highest BCUT2D eigenvalue weighted by Crippen LogP contribution is 2.23. The number of hydrogen-bond acceptors (Lipinski definition) is 11. The number of nitrogens with zero attached hydrogens (tertiary/aromatic N) is 8. The quantitative estimate of drug-likeness (QED) is 0.250. The number of thioether (sulfide) groups is 1. The van der Waals surface area contributed by atoms with E-state index in [0.717, 1.165) is 43.4 Å². The van der Waals surface area contributed by atoms with Gasteiger partial charge in [0.25, 0.3) is 5.91 Å². The number of benzene rings is 1. The Morgan fingerprint density at radius 2 is 1.26 bits per heavy atom. The standard InChI is InChI=1S/C33H37N9O3S/c43-31(36-27(32(44)45)24-46-23-25-8-2-1-3-9-25)26-22-30(41-16-14-39(15-17-41)28-10-4-6-12-34-28)38-33(37-26)42-20-18-40(19-21-42)29-11-5-7-13-35-29/h1-13,22,27H,14-21,23-24H2,(H,36,43)(H,44,45). The summed E-state index contributed by atoms with van der Waals surface area (Å²) in [6.45, 7) is 5.65. The van der Waals surface area contributed by atoms with Crippen LogP contribution in [0.3, 0.4) is 0 Å². The van der Waals surface area contributed by atoms with E-state index in [9.17, 15) is 14.7 Å². The maximum atomic E-state index is 13.6. The number of carbonyl (C=O) groups excluding carboxylic acids is 1. The van der Waals surface area contributed by atoms with Gasteiger partial charge in [0, 0.05) is 82.3 Å². The largest absolute Gasteiger partial charge is 0.480 e. The van der Waals surface area contributed by atoms with E-state index in [4.69, 9.17) is 4.98 Å². The molecule has 2 aliphatic heterocycles. The molecule has 0 aliphatic carbocycles. The van der Waals surface area contributed by atoms with Crippen LogP contribution in [-0.4, -0.2) is 101 Å². The number of aliphatic carboxylic acids is 1. The average Bonchev–Trinajstić information content (AvgIpc) is 3.12. The van der Waals surface area contributed by atoms with Crippen molar-refractivity contribution in [1.29, 1.82) is 0 Å². The van der Waals surface area contributed by atoms with E-state index >= 15 is 0 Å². The molecule has 2 N–H and O–H groups in total. The maximum absolute atomic E-state index is 13.6. The molecule has 1 atom stereocenters. The first-order chi connectivity index (χ1) is 22.5. The van der Waals surface area contributed by atoms with Crippen molar-refractivity contribution >= 4 is 47.0 Å². The van der Waals surface area contributed by atoms with Crippen LogP contribution in [0.5, 0.6) is 0 Å². The Morgan fingerprint density at radius 3 is 1.80 bits per heavy atom. The molecule has 12 nitrogen and oxygen atoms in total. The lowest BCUT2D eigenvalue weighted by molar-refractivity contribution is -0.138. The molecule has 4 aromatic rings. The minimum absolute atomic E-state index is 0.152. The number of carboxylic acids is 1. The van der Waals surface area contributed by atoms with Gasteiger partial charge in [-0.05, 0) is 29.8 Å². The lowest BCUT2D eigenvalue weighted by Crippen LogP contribution is -2.49. The van der Waals surface area contributed by atoms with Crippen LogP contribution in [-0.2, 0) is 10.5 Å². The van der Waals surface area contributed by atoms with Gasteiger partial charge in [0.15, 0.2) is 0 Å². The summed E-state index contributed by atoms with van der Waals surface area (Å²) in [4.78, 5) is 53.0. The summed E-state index contributed by atoms with van der Waals surface area (Å²) in [5, 5.41) is 12.6.